The number of nitrogens with zero attached hydrogens (tertiary/aromatic N) is 3. The van der Waals surface area contributed by atoms with E-state index in [2.05, 4.69) is 5.10 Å². The zero-order chi connectivity index (χ0) is 19.5. The van der Waals surface area contributed by atoms with E-state index >= 15 is 0 Å². The van der Waals surface area contributed by atoms with Crippen LogP contribution < -0.4 is 9.47 Å². The first-order valence-corrected chi connectivity index (χ1v) is 9.31. The molecule has 28 heavy (non-hydrogen) atoms. The van der Waals surface area contributed by atoms with Gasteiger partial charge in [-0.15, -0.1) is 0 Å². The summed E-state index contributed by atoms with van der Waals surface area (Å²) < 4.78 is 12.6. The Morgan fingerprint density at radius 2 is 1.93 bits per heavy atom. The van der Waals surface area contributed by atoms with Gasteiger partial charge in [-0.1, -0.05) is 0 Å². The van der Waals surface area contributed by atoms with E-state index in [9.17, 15) is 4.79 Å². The maximum Gasteiger partial charge on any atom is 0.254 e. The number of benzene rings is 2. The Balaban J connectivity index is 1.57. The van der Waals surface area contributed by atoms with Crippen molar-refractivity contribution >= 4 is 5.91 Å². The van der Waals surface area contributed by atoms with E-state index in [-0.39, 0.29) is 11.9 Å². The Bertz CT molecular complexity index is 948. The molecule has 1 heterocycles. The average molecular weight is 377 g/mol. The number of hydrogen-bond acceptors (Lipinski definition) is 4. The van der Waals surface area contributed by atoms with E-state index in [1.807, 2.05) is 59.6 Å². The van der Waals surface area contributed by atoms with Gasteiger partial charge in [0.1, 0.15) is 11.5 Å². The molecular formula is C22H23N3O3. The van der Waals surface area contributed by atoms with Crippen LogP contribution in [0.5, 0.6) is 11.5 Å². The third-order valence-corrected chi connectivity index (χ3v) is 4.96. The maximum atomic E-state index is 13.2. The van der Waals surface area contributed by atoms with E-state index in [1.54, 1.807) is 25.1 Å². The maximum absolute atomic E-state index is 13.2. The minimum absolute atomic E-state index is 0.0272. The number of carbonyl (C=O) groups is 1. The molecule has 4 rings (SSSR count). The molecule has 1 aliphatic rings. The van der Waals surface area contributed by atoms with Crippen LogP contribution in [0.25, 0.3) is 5.69 Å². The molecule has 0 atom stereocenters. The molecule has 1 amide bonds. The monoisotopic (exact) mass is 377 g/mol. The van der Waals surface area contributed by atoms with Gasteiger partial charge in [0.2, 0.25) is 0 Å². The van der Waals surface area contributed by atoms with Gasteiger partial charge < -0.3 is 14.4 Å². The highest BCUT2D eigenvalue weighted by Crippen LogP contribution is 2.33. The standard InChI is InChI=1S/C22H23N3O3/c1-27-20-10-11-21(28-2)17(14-20)15-24(18-8-9-18)22(26)16-4-6-19(7-5-16)25-13-3-12-23-25/h3-7,10-14,18H,8-9,15H2,1-2H3. The number of rotatable bonds is 7. The predicted octanol–water partition coefficient (Wildman–Crippen LogP) is 3.69. The van der Waals surface area contributed by atoms with E-state index in [4.69, 9.17) is 9.47 Å². The van der Waals surface area contributed by atoms with Crippen molar-refractivity contribution in [1.29, 1.82) is 0 Å². The van der Waals surface area contributed by atoms with Crippen LogP contribution in [0.3, 0.4) is 0 Å². The van der Waals surface area contributed by atoms with Crippen LogP contribution in [-0.4, -0.2) is 40.8 Å². The molecule has 1 saturated carbocycles. The lowest BCUT2D eigenvalue weighted by molar-refractivity contribution is 0.0728. The highest BCUT2D eigenvalue weighted by Gasteiger charge is 2.33. The van der Waals surface area contributed by atoms with Gasteiger partial charge in [-0.3, -0.25) is 4.79 Å². The third-order valence-electron chi connectivity index (χ3n) is 4.96. The van der Waals surface area contributed by atoms with Gasteiger partial charge in [-0.2, -0.15) is 5.10 Å². The molecule has 1 fully saturated rings. The van der Waals surface area contributed by atoms with Gasteiger partial charge >= 0.3 is 0 Å². The van der Waals surface area contributed by atoms with Crippen molar-refractivity contribution in [2.45, 2.75) is 25.4 Å². The summed E-state index contributed by atoms with van der Waals surface area (Å²) in [4.78, 5) is 15.1. The zero-order valence-electron chi connectivity index (χ0n) is 16.0. The van der Waals surface area contributed by atoms with Crippen LogP contribution >= 0.6 is 0 Å². The van der Waals surface area contributed by atoms with Crippen LogP contribution in [0.1, 0.15) is 28.8 Å². The lowest BCUT2D eigenvalue weighted by Crippen LogP contribution is -2.32. The number of aromatic nitrogens is 2. The Hall–Kier alpha value is -3.28. The van der Waals surface area contributed by atoms with Crippen LogP contribution in [0.2, 0.25) is 0 Å². The smallest absolute Gasteiger partial charge is 0.254 e. The van der Waals surface area contributed by atoms with Crippen molar-refractivity contribution in [3.8, 4) is 17.2 Å². The molecule has 6 nitrogen and oxygen atoms in total. The lowest BCUT2D eigenvalue weighted by atomic mass is 10.1. The summed E-state index contributed by atoms with van der Waals surface area (Å²) in [6.07, 6.45) is 5.67. The highest BCUT2D eigenvalue weighted by molar-refractivity contribution is 5.94. The van der Waals surface area contributed by atoms with Crippen LogP contribution in [0.4, 0.5) is 0 Å². The quantitative estimate of drug-likeness (QED) is 0.630. The molecule has 1 aromatic heterocycles. The van der Waals surface area contributed by atoms with Gasteiger partial charge in [0, 0.05) is 29.6 Å². The molecule has 0 radical (unpaired) electrons. The normalized spacial score (nSPS) is 13.2. The first kappa shape index (κ1) is 18.1. The van der Waals surface area contributed by atoms with Crippen molar-refractivity contribution in [2.75, 3.05) is 14.2 Å². The SMILES string of the molecule is COc1ccc(OC)c(CN(C(=O)c2ccc(-n3cccn3)cc2)C2CC2)c1. The van der Waals surface area contributed by atoms with E-state index in [0.29, 0.717) is 12.1 Å². The summed E-state index contributed by atoms with van der Waals surface area (Å²) in [5, 5.41) is 4.22. The van der Waals surface area contributed by atoms with Crippen LogP contribution in [0, 0.1) is 0 Å². The molecule has 3 aromatic rings. The molecule has 0 unspecified atom stereocenters. The number of ether oxygens (including phenoxy) is 2. The van der Waals surface area contributed by atoms with Gasteiger partial charge in [0.05, 0.1) is 26.5 Å². The summed E-state index contributed by atoms with van der Waals surface area (Å²) in [6.45, 7) is 0.491. The summed E-state index contributed by atoms with van der Waals surface area (Å²) in [7, 11) is 3.28. The number of carbonyl (C=O) groups excluding carboxylic acids is 1. The summed E-state index contributed by atoms with van der Waals surface area (Å²) >= 11 is 0. The van der Waals surface area contributed by atoms with Gasteiger partial charge in [-0.25, -0.2) is 4.68 Å². The third kappa shape index (κ3) is 3.71. The summed E-state index contributed by atoms with van der Waals surface area (Å²) in [5.41, 5.74) is 2.54. The van der Waals surface area contributed by atoms with E-state index in [0.717, 1.165) is 35.6 Å². The van der Waals surface area contributed by atoms with Gasteiger partial charge in [-0.05, 0) is 61.4 Å². The summed E-state index contributed by atoms with van der Waals surface area (Å²) in [6, 6.07) is 15.4. The number of amides is 1. The Morgan fingerprint density at radius 1 is 1.14 bits per heavy atom. The zero-order valence-corrected chi connectivity index (χ0v) is 16.0. The Kier molecular flexibility index (Phi) is 5.02. The second kappa shape index (κ2) is 7.76. The minimum atomic E-state index is 0.0272. The first-order chi connectivity index (χ1) is 13.7. The van der Waals surface area contributed by atoms with Crippen molar-refractivity contribution in [2.24, 2.45) is 0 Å². The number of hydrogen-bond donors (Lipinski definition) is 0. The molecule has 2 aromatic carbocycles. The van der Waals surface area contributed by atoms with E-state index in [1.165, 1.54) is 0 Å². The molecule has 1 aliphatic carbocycles. The molecule has 0 saturated heterocycles. The fraction of sp³-hybridized carbons (Fsp3) is 0.273. The van der Waals surface area contributed by atoms with E-state index < -0.39 is 0 Å². The Labute approximate surface area is 164 Å². The second-order valence-electron chi connectivity index (χ2n) is 6.84. The molecule has 0 N–H and O–H groups in total. The van der Waals surface area contributed by atoms with Crippen molar-refractivity contribution in [3.05, 3.63) is 72.1 Å². The predicted molar refractivity (Wildman–Crippen MR) is 106 cm³/mol. The van der Waals surface area contributed by atoms with Gasteiger partial charge in [0.25, 0.3) is 5.91 Å². The van der Waals surface area contributed by atoms with Gasteiger partial charge in [0.15, 0.2) is 0 Å². The van der Waals surface area contributed by atoms with Crippen molar-refractivity contribution < 1.29 is 14.3 Å². The van der Waals surface area contributed by atoms with Crippen LogP contribution in [-0.2, 0) is 6.54 Å². The average Bonchev–Trinajstić information content (AvgIpc) is 3.44. The van der Waals surface area contributed by atoms with Crippen molar-refractivity contribution in [3.63, 3.8) is 0 Å². The minimum Gasteiger partial charge on any atom is -0.497 e. The second-order valence-corrected chi connectivity index (χ2v) is 6.84. The molecule has 0 spiro atoms. The highest BCUT2D eigenvalue weighted by atomic mass is 16.5. The molecular weight excluding hydrogens is 354 g/mol. The largest absolute Gasteiger partial charge is 0.497 e. The summed E-state index contributed by atoms with van der Waals surface area (Å²) in [5.74, 6) is 1.54. The molecule has 0 aliphatic heterocycles. The van der Waals surface area contributed by atoms with Crippen molar-refractivity contribution in [1.82, 2.24) is 14.7 Å². The fourth-order valence-corrected chi connectivity index (χ4v) is 3.29. The topological polar surface area (TPSA) is 56.6 Å². The molecule has 6 heteroatoms. The Morgan fingerprint density at radius 3 is 2.54 bits per heavy atom. The lowest BCUT2D eigenvalue weighted by Gasteiger charge is -2.24. The molecule has 0 bridgehead atoms. The molecule has 144 valence electrons. The number of methoxy groups -OCH3 is 2. The fourth-order valence-electron chi connectivity index (χ4n) is 3.29. The van der Waals surface area contributed by atoms with Crippen LogP contribution in [0.15, 0.2) is 60.9 Å². The first-order valence-electron chi connectivity index (χ1n) is 9.31.